The van der Waals surface area contributed by atoms with E-state index in [0.29, 0.717) is 41.4 Å². The highest BCUT2D eigenvalue weighted by atomic mass is 16.7. The van der Waals surface area contributed by atoms with Crippen molar-refractivity contribution in [3.05, 3.63) is 40.7 Å². The molecule has 1 saturated heterocycles. The summed E-state index contributed by atoms with van der Waals surface area (Å²) in [5.74, 6) is -0.472. The van der Waals surface area contributed by atoms with E-state index in [9.17, 15) is 4.79 Å². The first-order valence-electron chi connectivity index (χ1n) is 9.83. The fourth-order valence-electron chi connectivity index (χ4n) is 4.04. The van der Waals surface area contributed by atoms with Crippen molar-refractivity contribution in [2.75, 3.05) is 41.7 Å². The molecule has 4 rings (SSSR count). The van der Waals surface area contributed by atoms with Gasteiger partial charge in [-0.05, 0) is 31.1 Å². The van der Waals surface area contributed by atoms with Gasteiger partial charge >= 0.3 is 0 Å². The Kier molecular flexibility index (Phi) is 5.85. The monoisotopic (exact) mass is 431 g/mol. The minimum absolute atomic E-state index is 0.173. The number of rotatable bonds is 6. The van der Waals surface area contributed by atoms with Gasteiger partial charge in [-0.2, -0.15) is 0 Å². The molecule has 1 aliphatic heterocycles. The minimum atomic E-state index is -1.35. The summed E-state index contributed by atoms with van der Waals surface area (Å²) in [6.45, 7) is 2.81. The molecule has 1 fully saturated rings. The van der Waals surface area contributed by atoms with Crippen LogP contribution in [0.5, 0.6) is 11.5 Å². The van der Waals surface area contributed by atoms with E-state index in [1.54, 1.807) is 26.2 Å². The summed E-state index contributed by atoms with van der Waals surface area (Å²) in [4.78, 5) is 13.1. The number of benzene rings is 1. The van der Waals surface area contributed by atoms with Gasteiger partial charge in [-0.25, -0.2) is 0 Å². The number of hydrogen-bond donors (Lipinski definition) is 0. The van der Waals surface area contributed by atoms with Gasteiger partial charge in [-0.1, -0.05) is 5.16 Å². The fraction of sp³-hybridized carbons (Fsp3) is 0.455. The van der Waals surface area contributed by atoms with Gasteiger partial charge in [0, 0.05) is 25.8 Å². The first kappa shape index (κ1) is 21.5. The van der Waals surface area contributed by atoms with Crippen LogP contribution in [-0.4, -0.2) is 52.6 Å². The Morgan fingerprint density at radius 2 is 1.74 bits per heavy atom. The molecule has 2 heterocycles. The Morgan fingerprint density at radius 3 is 2.35 bits per heavy atom. The summed E-state index contributed by atoms with van der Waals surface area (Å²) in [5.41, 5.74) is 2.21. The normalized spacial score (nSPS) is 18.5. The highest BCUT2D eigenvalue weighted by Gasteiger charge is 2.48. The van der Waals surface area contributed by atoms with E-state index in [0.717, 1.165) is 6.42 Å². The maximum Gasteiger partial charge on any atom is 0.255 e. The lowest BCUT2D eigenvalue weighted by Gasteiger charge is -2.32. The molecule has 1 aromatic carbocycles. The van der Waals surface area contributed by atoms with Crippen LogP contribution < -0.4 is 9.47 Å². The zero-order chi connectivity index (χ0) is 22.2. The molecule has 0 radical (unpaired) electrons. The molecule has 2 aliphatic rings. The second-order valence-corrected chi connectivity index (χ2v) is 7.17. The van der Waals surface area contributed by atoms with E-state index in [1.165, 1.54) is 27.4 Å². The average molecular weight is 431 g/mol. The predicted molar refractivity (Wildman–Crippen MR) is 108 cm³/mol. The Labute approximate surface area is 179 Å². The first-order valence-corrected chi connectivity index (χ1v) is 9.83. The zero-order valence-corrected chi connectivity index (χ0v) is 18.1. The summed E-state index contributed by atoms with van der Waals surface area (Å²) in [5, 5.41) is 4.24. The average Bonchev–Trinajstić information content (AvgIpc) is 3.25. The van der Waals surface area contributed by atoms with Gasteiger partial charge < -0.3 is 32.9 Å². The van der Waals surface area contributed by atoms with E-state index in [4.69, 9.17) is 32.9 Å². The highest BCUT2D eigenvalue weighted by Crippen LogP contribution is 2.47. The van der Waals surface area contributed by atoms with E-state index >= 15 is 0 Å². The van der Waals surface area contributed by atoms with Crippen LogP contribution in [0.15, 0.2) is 28.3 Å². The fourth-order valence-corrected chi connectivity index (χ4v) is 4.04. The summed E-state index contributed by atoms with van der Waals surface area (Å²) in [7, 11) is 6.04. The SMILES string of the molecule is COc1cc(OC)c(-c2noc3c2C(=O)C=C(C)C3(OC)OC)c(C2OCCCO2)c1. The van der Waals surface area contributed by atoms with Crippen LogP contribution in [-0.2, 0) is 24.7 Å². The van der Waals surface area contributed by atoms with E-state index in [-0.39, 0.29) is 22.8 Å². The van der Waals surface area contributed by atoms with Crippen molar-refractivity contribution in [2.45, 2.75) is 25.4 Å². The molecule has 2 aromatic rings. The standard InChI is InChI=1S/C22H25NO8/c1-12-9-15(24)18-19(23-31-20(18)22(12,27-4)28-5)17-14(21-29-7-6-8-30-21)10-13(25-2)11-16(17)26-3/h9-11,21H,6-8H2,1-5H3. The van der Waals surface area contributed by atoms with Gasteiger partial charge in [0.15, 0.2) is 12.1 Å². The molecule has 31 heavy (non-hydrogen) atoms. The number of methoxy groups -OCH3 is 4. The molecule has 9 nitrogen and oxygen atoms in total. The summed E-state index contributed by atoms with van der Waals surface area (Å²) < 4.78 is 39.6. The van der Waals surface area contributed by atoms with Crippen LogP contribution in [0.2, 0.25) is 0 Å². The molecule has 0 saturated carbocycles. The van der Waals surface area contributed by atoms with Gasteiger partial charge in [0.1, 0.15) is 17.2 Å². The third kappa shape index (κ3) is 3.34. The van der Waals surface area contributed by atoms with Crippen LogP contribution in [0.1, 0.15) is 41.3 Å². The second-order valence-electron chi connectivity index (χ2n) is 7.17. The highest BCUT2D eigenvalue weighted by molar-refractivity contribution is 6.11. The maximum absolute atomic E-state index is 13.1. The quantitative estimate of drug-likeness (QED) is 0.637. The molecular formula is C22H25NO8. The molecule has 0 bridgehead atoms. The lowest BCUT2D eigenvalue weighted by atomic mass is 9.87. The Bertz CT molecular complexity index is 1010. The van der Waals surface area contributed by atoms with Crippen molar-refractivity contribution < 1.29 is 37.7 Å². The molecule has 9 heteroatoms. The van der Waals surface area contributed by atoms with E-state index in [2.05, 4.69) is 5.16 Å². The molecule has 0 amide bonds. The predicted octanol–water partition coefficient (Wildman–Crippen LogP) is 3.38. The molecule has 1 aromatic heterocycles. The molecule has 0 atom stereocenters. The number of ketones is 1. The largest absolute Gasteiger partial charge is 0.497 e. The van der Waals surface area contributed by atoms with Crippen LogP contribution in [0.4, 0.5) is 0 Å². The van der Waals surface area contributed by atoms with E-state index < -0.39 is 12.1 Å². The van der Waals surface area contributed by atoms with E-state index in [1.807, 2.05) is 0 Å². The van der Waals surface area contributed by atoms with Crippen molar-refractivity contribution >= 4 is 5.78 Å². The summed E-state index contributed by atoms with van der Waals surface area (Å²) >= 11 is 0. The van der Waals surface area contributed by atoms with Crippen molar-refractivity contribution in [3.8, 4) is 22.8 Å². The molecule has 0 spiro atoms. The molecular weight excluding hydrogens is 406 g/mol. The number of fused-ring (bicyclic) bond motifs is 1. The zero-order valence-electron chi connectivity index (χ0n) is 18.1. The van der Waals surface area contributed by atoms with Crippen LogP contribution in [0.25, 0.3) is 11.3 Å². The van der Waals surface area contributed by atoms with Gasteiger partial charge in [0.2, 0.25) is 5.76 Å². The Morgan fingerprint density at radius 1 is 1.03 bits per heavy atom. The molecule has 0 unspecified atom stereocenters. The Hall–Kier alpha value is -2.72. The minimum Gasteiger partial charge on any atom is -0.497 e. The second kappa shape index (κ2) is 8.43. The number of aromatic nitrogens is 1. The van der Waals surface area contributed by atoms with Crippen molar-refractivity contribution in [1.82, 2.24) is 5.16 Å². The number of nitrogens with zero attached hydrogens (tertiary/aromatic N) is 1. The van der Waals surface area contributed by atoms with Crippen LogP contribution >= 0.6 is 0 Å². The van der Waals surface area contributed by atoms with Gasteiger partial charge in [-0.3, -0.25) is 4.79 Å². The van der Waals surface area contributed by atoms with Crippen molar-refractivity contribution in [1.29, 1.82) is 0 Å². The lowest BCUT2D eigenvalue weighted by molar-refractivity contribution is -0.200. The van der Waals surface area contributed by atoms with Gasteiger partial charge in [0.05, 0.1) is 38.6 Å². The maximum atomic E-state index is 13.1. The van der Waals surface area contributed by atoms with Crippen LogP contribution in [0, 0.1) is 0 Å². The third-order valence-corrected chi connectivity index (χ3v) is 5.56. The number of allylic oxidation sites excluding steroid dienone is 1. The number of carbonyl (C=O) groups is 1. The van der Waals surface area contributed by atoms with Crippen LogP contribution in [0.3, 0.4) is 0 Å². The number of hydrogen-bond acceptors (Lipinski definition) is 9. The lowest BCUT2D eigenvalue weighted by Crippen LogP contribution is -2.36. The smallest absolute Gasteiger partial charge is 0.255 e. The third-order valence-electron chi connectivity index (χ3n) is 5.56. The Balaban J connectivity index is 1.97. The number of carbonyl (C=O) groups excluding carboxylic acids is 1. The van der Waals surface area contributed by atoms with Gasteiger partial charge in [0.25, 0.3) is 5.79 Å². The van der Waals surface area contributed by atoms with Gasteiger partial charge in [-0.15, -0.1) is 0 Å². The summed E-state index contributed by atoms with van der Waals surface area (Å²) in [6.07, 6.45) is 1.57. The molecule has 166 valence electrons. The molecule has 0 N–H and O–H groups in total. The number of ether oxygens (including phenoxy) is 6. The molecule has 1 aliphatic carbocycles. The van der Waals surface area contributed by atoms with Crippen molar-refractivity contribution in [3.63, 3.8) is 0 Å². The van der Waals surface area contributed by atoms with Crippen molar-refractivity contribution in [2.24, 2.45) is 0 Å². The topological polar surface area (TPSA) is 98.5 Å². The first-order chi connectivity index (χ1) is 15.0. The summed E-state index contributed by atoms with van der Waals surface area (Å²) in [6, 6.07) is 3.49.